The predicted molar refractivity (Wildman–Crippen MR) is 79.6 cm³/mol. The van der Waals surface area contributed by atoms with Gasteiger partial charge in [-0.05, 0) is 12.1 Å². The van der Waals surface area contributed by atoms with Gasteiger partial charge >= 0.3 is 0 Å². The standard InChI is InChI=1S/C13H17ClN2O2S/c1-18-10-3-4-11-12(9-10)16(7-8-19(2)17)13(15-11)5-6-14/h3-4,9H,5-8H2,1-2H3. The third-order valence-electron chi connectivity index (χ3n) is 2.95. The molecule has 6 heteroatoms. The lowest BCUT2D eigenvalue weighted by Gasteiger charge is -2.08. The number of aromatic nitrogens is 2. The van der Waals surface area contributed by atoms with Crippen LogP contribution in [0.4, 0.5) is 0 Å². The van der Waals surface area contributed by atoms with Gasteiger partial charge in [-0.2, -0.15) is 0 Å². The first kappa shape index (κ1) is 14.3. The third kappa shape index (κ3) is 3.28. The number of methoxy groups -OCH3 is 1. The Morgan fingerprint density at radius 2 is 2.26 bits per heavy atom. The number of hydrogen-bond donors (Lipinski definition) is 0. The monoisotopic (exact) mass is 300 g/mol. The summed E-state index contributed by atoms with van der Waals surface area (Å²) in [5.41, 5.74) is 1.92. The van der Waals surface area contributed by atoms with E-state index >= 15 is 0 Å². The fourth-order valence-electron chi connectivity index (χ4n) is 2.02. The van der Waals surface area contributed by atoms with Gasteiger partial charge in [-0.1, -0.05) is 0 Å². The summed E-state index contributed by atoms with van der Waals surface area (Å²) in [6.07, 6.45) is 2.41. The van der Waals surface area contributed by atoms with E-state index in [9.17, 15) is 4.21 Å². The molecule has 2 aromatic rings. The van der Waals surface area contributed by atoms with Crippen LogP contribution < -0.4 is 4.74 Å². The fraction of sp³-hybridized carbons (Fsp3) is 0.462. The van der Waals surface area contributed by atoms with E-state index in [0.717, 1.165) is 22.6 Å². The van der Waals surface area contributed by atoms with E-state index in [1.807, 2.05) is 18.2 Å². The molecule has 1 aromatic carbocycles. The maximum atomic E-state index is 11.3. The van der Waals surface area contributed by atoms with Crippen molar-refractivity contribution >= 4 is 33.4 Å². The average Bonchev–Trinajstić information content (AvgIpc) is 2.73. The lowest BCUT2D eigenvalue weighted by atomic mass is 10.3. The van der Waals surface area contributed by atoms with Crippen molar-refractivity contribution in [3.63, 3.8) is 0 Å². The van der Waals surface area contributed by atoms with Gasteiger partial charge in [-0.3, -0.25) is 4.21 Å². The number of rotatable bonds is 6. The van der Waals surface area contributed by atoms with Crippen molar-refractivity contribution in [1.29, 1.82) is 0 Å². The molecule has 0 saturated heterocycles. The highest BCUT2D eigenvalue weighted by Crippen LogP contribution is 2.22. The van der Waals surface area contributed by atoms with Crippen LogP contribution in [0.1, 0.15) is 5.82 Å². The number of aryl methyl sites for hydroxylation is 2. The van der Waals surface area contributed by atoms with Crippen LogP contribution in [0.2, 0.25) is 0 Å². The van der Waals surface area contributed by atoms with Crippen molar-refractivity contribution in [3.05, 3.63) is 24.0 Å². The van der Waals surface area contributed by atoms with E-state index in [0.29, 0.717) is 24.6 Å². The second-order valence-corrected chi connectivity index (χ2v) is 6.18. The summed E-state index contributed by atoms with van der Waals surface area (Å²) in [6.45, 7) is 0.680. The molecule has 0 spiro atoms. The molecular formula is C13H17ClN2O2S. The molecule has 1 aromatic heterocycles. The van der Waals surface area contributed by atoms with E-state index < -0.39 is 10.8 Å². The number of benzene rings is 1. The Morgan fingerprint density at radius 1 is 1.47 bits per heavy atom. The molecule has 0 N–H and O–H groups in total. The molecule has 2 rings (SSSR count). The van der Waals surface area contributed by atoms with E-state index in [2.05, 4.69) is 9.55 Å². The van der Waals surface area contributed by atoms with Crippen molar-refractivity contribution in [1.82, 2.24) is 9.55 Å². The van der Waals surface area contributed by atoms with E-state index in [-0.39, 0.29) is 0 Å². The zero-order valence-electron chi connectivity index (χ0n) is 11.1. The molecule has 0 fully saturated rings. The first-order chi connectivity index (χ1) is 9.15. The first-order valence-electron chi connectivity index (χ1n) is 6.05. The minimum absolute atomic E-state index is 0.523. The molecule has 104 valence electrons. The Labute approximate surface area is 120 Å². The van der Waals surface area contributed by atoms with E-state index in [4.69, 9.17) is 16.3 Å². The fourth-order valence-corrected chi connectivity index (χ4v) is 2.63. The molecule has 0 saturated carbocycles. The van der Waals surface area contributed by atoms with Gasteiger partial charge in [0.05, 0.1) is 18.1 Å². The zero-order valence-corrected chi connectivity index (χ0v) is 12.6. The number of hydrogen-bond acceptors (Lipinski definition) is 3. The van der Waals surface area contributed by atoms with Gasteiger partial charge in [0.25, 0.3) is 0 Å². The van der Waals surface area contributed by atoms with Crippen molar-refractivity contribution < 1.29 is 8.95 Å². The number of ether oxygens (including phenoxy) is 1. The molecular weight excluding hydrogens is 284 g/mol. The zero-order chi connectivity index (χ0) is 13.8. The summed E-state index contributed by atoms with van der Waals surface area (Å²) in [5, 5.41) is 0. The Hall–Kier alpha value is -1.07. The molecule has 1 heterocycles. The number of imidazole rings is 1. The van der Waals surface area contributed by atoms with Crippen molar-refractivity contribution in [2.45, 2.75) is 13.0 Å². The van der Waals surface area contributed by atoms with Crippen LogP contribution in [0.3, 0.4) is 0 Å². The Kier molecular flexibility index (Phi) is 4.82. The quantitative estimate of drug-likeness (QED) is 0.768. The van der Waals surface area contributed by atoms with Gasteiger partial charge in [0.15, 0.2) is 0 Å². The molecule has 1 unspecified atom stereocenters. The Bertz CT molecular complexity index is 598. The summed E-state index contributed by atoms with van der Waals surface area (Å²) in [4.78, 5) is 4.58. The molecule has 0 aliphatic heterocycles. The smallest absolute Gasteiger partial charge is 0.121 e. The molecule has 0 aliphatic carbocycles. The Balaban J connectivity index is 2.46. The number of alkyl halides is 1. The van der Waals surface area contributed by atoms with Gasteiger partial charge < -0.3 is 9.30 Å². The summed E-state index contributed by atoms with van der Waals surface area (Å²) in [6, 6.07) is 5.78. The lowest BCUT2D eigenvalue weighted by molar-refractivity contribution is 0.415. The highest BCUT2D eigenvalue weighted by atomic mass is 35.5. The Morgan fingerprint density at radius 3 is 2.89 bits per heavy atom. The predicted octanol–water partition coefficient (Wildman–Crippen LogP) is 2.20. The SMILES string of the molecule is COc1ccc2nc(CCCl)n(CCS(C)=O)c2c1. The van der Waals surface area contributed by atoms with Gasteiger partial charge in [-0.25, -0.2) is 4.98 Å². The summed E-state index contributed by atoms with van der Waals surface area (Å²) in [7, 11) is 0.816. The minimum atomic E-state index is -0.825. The molecule has 0 bridgehead atoms. The number of halogens is 1. The van der Waals surface area contributed by atoms with Crippen LogP contribution in [0.25, 0.3) is 11.0 Å². The first-order valence-corrected chi connectivity index (χ1v) is 8.31. The topological polar surface area (TPSA) is 44.1 Å². The van der Waals surface area contributed by atoms with Crippen LogP contribution >= 0.6 is 11.6 Å². The maximum absolute atomic E-state index is 11.3. The summed E-state index contributed by atoms with van der Waals surface area (Å²) in [5.74, 6) is 2.86. The average molecular weight is 301 g/mol. The summed E-state index contributed by atoms with van der Waals surface area (Å²) >= 11 is 5.82. The van der Waals surface area contributed by atoms with E-state index in [1.54, 1.807) is 13.4 Å². The molecule has 0 amide bonds. The highest BCUT2D eigenvalue weighted by molar-refractivity contribution is 7.84. The van der Waals surface area contributed by atoms with Crippen molar-refractivity contribution in [2.24, 2.45) is 0 Å². The second-order valence-electron chi connectivity index (χ2n) is 4.25. The normalized spacial score (nSPS) is 12.8. The maximum Gasteiger partial charge on any atom is 0.121 e. The largest absolute Gasteiger partial charge is 0.497 e. The molecule has 0 aliphatic rings. The highest BCUT2D eigenvalue weighted by Gasteiger charge is 2.11. The third-order valence-corrected chi connectivity index (χ3v) is 3.90. The molecule has 19 heavy (non-hydrogen) atoms. The van der Waals surface area contributed by atoms with Gasteiger partial charge in [0.1, 0.15) is 11.6 Å². The number of fused-ring (bicyclic) bond motifs is 1. The summed E-state index contributed by atoms with van der Waals surface area (Å²) < 4.78 is 18.6. The van der Waals surface area contributed by atoms with Gasteiger partial charge in [-0.15, -0.1) is 11.6 Å². The van der Waals surface area contributed by atoms with E-state index in [1.165, 1.54) is 0 Å². The van der Waals surface area contributed by atoms with Crippen LogP contribution in [-0.2, 0) is 23.8 Å². The van der Waals surface area contributed by atoms with Crippen molar-refractivity contribution in [3.8, 4) is 5.75 Å². The van der Waals surface area contributed by atoms with Crippen LogP contribution in [0.5, 0.6) is 5.75 Å². The lowest BCUT2D eigenvalue weighted by Crippen LogP contribution is -2.10. The molecule has 4 nitrogen and oxygen atoms in total. The van der Waals surface area contributed by atoms with Crippen LogP contribution in [0, 0.1) is 0 Å². The van der Waals surface area contributed by atoms with Gasteiger partial charge in [0, 0.05) is 47.7 Å². The minimum Gasteiger partial charge on any atom is -0.497 e. The number of nitrogens with zero attached hydrogens (tertiary/aromatic N) is 2. The van der Waals surface area contributed by atoms with Crippen molar-refractivity contribution in [2.75, 3.05) is 25.0 Å². The van der Waals surface area contributed by atoms with Crippen LogP contribution in [0.15, 0.2) is 18.2 Å². The molecule has 0 radical (unpaired) electrons. The van der Waals surface area contributed by atoms with Gasteiger partial charge in [0.2, 0.25) is 0 Å². The van der Waals surface area contributed by atoms with Crippen LogP contribution in [-0.4, -0.2) is 38.8 Å². The molecule has 1 atom stereocenters. The second kappa shape index (κ2) is 6.39.